The van der Waals surface area contributed by atoms with Gasteiger partial charge in [-0.3, -0.25) is 4.79 Å². The van der Waals surface area contributed by atoms with Crippen LogP contribution < -0.4 is 10.3 Å². The molecule has 0 aliphatic carbocycles. The van der Waals surface area contributed by atoms with E-state index < -0.39 is 5.56 Å². The lowest BCUT2D eigenvalue weighted by molar-refractivity contribution is 0.415. The highest BCUT2D eigenvalue weighted by Crippen LogP contribution is 2.28. The lowest BCUT2D eigenvalue weighted by atomic mass is 10.1. The van der Waals surface area contributed by atoms with Gasteiger partial charge in [-0.15, -0.1) is 0 Å². The fraction of sp³-hybridized carbons (Fsp3) is 0.0909. The smallest absolute Gasteiger partial charge is 0.266 e. The Bertz CT molecular complexity index is 655. The molecule has 1 aromatic carbocycles. The number of benzene rings is 1. The first-order valence-corrected chi connectivity index (χ1v) is 4.84. The van der Waals surface area contributed by atoms with E-state index in [1.165, 1.54) is 13.2 Å². The second kappa shape index (κ2) is 3.87. The molecule has 4 nitrogen and oxygen atoms in total. The Hall–Kier alpha value is -1.99. The van der Waals surface area contributed by atoms with E-state index >= 15 is 0 Å². The molecule has 80 valence electrons. The zero-order chi connectivity index (χ0) is 11.7. The number of hydrogen-bond acceptors (Lipinski definition) is 3. The molecule has 0 amide bonds. The van der Waals surface area contributed by atoms with Gasteiger partial charge >= 0.3 is 0 Å². The number of H-pyrrole nitrogens is 1. The van der Waals surface area contributed by atoms with Gasteiger partial charge in [0, 0.05) is 5.39 Å². The summed E-state index contributed by atoms with van der Waals surface area (Å²) in [6.07, 6.45) is 0. The van der Waals surface area contributed by atoms with Crippen LogP contribution in [-0.4, -0.2) is 12.1 Å². The van der Waals surface area contributed by atoms with Crippen molar-refractivity contribution in [2.45, 2.75) is 0 Å². The van der Waals surface area contributed by atoms with Gasteiger partial charge in [0.25, 0.3) is 5.56 Å². The van der Waals surface area contributed by atoms with Gasteiger partial charge in [0.2, 0.25) is 0 Å². The predicted octanol–water partition coefficient (Wildman–Crippen LogP) is 2.06. The van der Waals surface area contributed by atoms with Gasteiger partial charge in [-0.25, -0.2) is 0 Å². The highest BCUT2D eigenvalue weighted by Gasteiger charge is 2.06. The Morgan fingerprint density at radius 3 is 2.81 bits per heavy atom. The summed E-state index contributed by atoms with van der Waals surface area (Å²) in [6.45, 7) is 0. The molecule has 0 aliphatic heterocycles. The summed E-state index contributed by atoms with van der Waals surface area (Å²) in [5, 5.41) is 9.85. The molecule has 0 saturated carbocycles. The summed E-state index contributed by atoms with van der Waals surface area (Å²) in [6, 6.07) is 6.60. The number of rotatable bonds is 1. The van der Waals surface area contributed by atoms with Gasteiger partial charge in [-0.05, 0) is 18.2 Å². The Balaban J connectivity index is 2.83. The minimum atomic E-state index is -0.420. The van der Waals surface area contributed by atoms with Crippen molar-refractivity contribution < 1.29 is 4.74 Å². The van der Waals surface area contributed by atoms with E-state index in [2.05, 4.69) is 4.98 Å². The van der Waals surface area contributed by atoms with Crippen LogP contribution in [0.25, 0.3) is 10.9 Å². The number of aromatic amines is 1. The summed E-state index contributed by atoms with van der Waals surface area (Å²) in [4.78, 5) is 14.0. The summed E-state index contributed by atoms with van der Waals surface area (Å²) < 4.78 is 5.05. The number of pyridine rings is 1. The van der Waals surface area contributed by atoms with Gasteiger partial charge in [0.05, 0.1) is 17.6 Å². The average Bonchev–Trinajstić information content (AvgIpc) is 2.27. The maximum Gasteiger partial charge on any atom is 0.266 e. The number of halogens is 1. The van der Waals surface area contributed by atoms with E-state index in [9.17, 15) is 4.79 Å². The van der Waals surface area contributed by atoms with E-state index in [0.717, 1.165) is 0 Å². The van der Waals surface area contributed by atoms with Crippen LogP contribution in [0.5, 0.6) is 5.75 Å². The molecular weight excluding hydrogens is 228 g/mol. The van der Waals surface area contributed by atoms with Gasteiger partial charge in [0.15, 0.2) is 0 Å². The predicted molar refractivity (Wildman–Crippen MR) is 60.8 cm³/mol. The lowest BCUT2D eigenvalue weighted by Gasteiger charge is -2.05. The standard InChI is InChI=1S/C11H7ClN2O2/c1-16-10-3-6-2-7(5-13)11(15)14-9(6)4-8(10)12/h2-4H,1H3,(H,14,15). The quantitative estimate of drug-likeness (QED) is 0.821. The van der Waals surface area contributed by atoms with E-state index in [0.29, 0.717) is 21.7 Å². The van der Waals surface area contributed by atoms with E-state index in [1.54, 1.807) is 12.1 Å². The normalized spacial score (nSPS) is 10.1. The Morgan fingerprint density at radius 1 is 1.44 bits per heavy atom. The molecule has 1 heterocycles. The molecule has 1 aromatic heterocycles. The van der Waals surface area contributed by atoms with Crippen molar-refractivity contribution in [3.63, 3.8) is 0 Å². The Morgan fingerprint density at radius 2 is 2.19 bits per heavy atom. The second-order valence-electron chi connectivity index (χ2n) is 3.20. The summed E-state index contributed by atoms with van der Waals surface area (Å²) in [5.74, 6) is 0.505. The number of fused-ring (bicyclic) bond motifs is 1. The molecule has 0 bridgehead atoms. The number of nitrogens with zero attached hydrogens (tertiary/aromatic N) is 1. The fourth-order valence-corrected chi connectivity index (χ4v) is 1.69. The van der Waals surface area contributed by atoms with Crippen molar-refractivity contribution in [1.29, 1.82) is 5.26 Å². The third-order valence-corrected chi connectivity index (χ3v) is 2.53. The SMILES string of the molecule is COc1cc2cc(C#N)c(=O)[nH]c2cc1Cl. The molecule has 0 unspecified atom stereocenters. The molecule has 2 aromatic rings. The molecule has 0 atom stereocenters. The van der Waals surface area contributed by atoms with Crippen molar-refractivity contribution >= 4 is 22.5 Å². The van der Waals surface area contributed by atoms with Crippen LogP contribution in [0.15, 0.2) is 23.0 Å². The number of hydrogen-bond donors (Lipinski definition) is 1. The minimum absolute atomic E-state index is 0.0666. The zero-order valence-electron chi connectivity index (χ0n) is 8.37. The Labute approximate surface area is 96.0 Å². The second-order valence-corrected chi connectivity index (χ2v) is 3.61. The van der Waals surface area contributed by atoms with Crippen LogP contribution in [0.1, 0.15) is 5.56 Å². The highest BCUT2D eigenvalue weighted by atomic mass is 35.5. The van der Waals surface area contributed by atoms with Crippen LogP contribution in [0, 0.1) is 11.3 Å². The van der Waals surface area contributed by atoms with Gasteiger partial charge in [-0.1, -0.05) is 11.6 Å². The molecule has 2 rings (SSSR count). The number of nitrogens with one attached hydrogen (secondary N) is 1. The van der Waals surface area contributed by atoms with Crippen molar-refractivity contribution in [1.82, 2.24) is 4.98 Å². The lowest BCUT2D eigenvalue weighted by Crippen LogP contribution is -2.09. The summed E-state index contributed by atoms with van der Waals surface area (Å²) >= 11 is 5.92. The molecule has 5 heteroatoms. The van der Waals surface area contributed by atoms with Crippen LogP contribution in [0.2, 0.25) is 5.02 Å². The largest absolute Gasteiger partial charge is 0.495 e. The highest BCUT2D eigenvalue weighted by molar-refractivity contribution is 6.32. The molecular formula is C11H7ClN2O2. The number of aromatic nitrogens is 1. The van der Waals surface area contributed by atoms with Crippen molar-refractivity contribution in [2.75, 3.05) is 7.11 Å². The number of nitriles is 1. The van der Waals surface area contributed by atoms with E-state index in [-0.39, 0.29) is 5.56 Å². The van der Waals surface area contributed by atoms with Gasteiger partial charge < -0.3 is 9.72 Å². The minimum Gasteiger partial charge on any atom is -0.495 e. The molecule has 0 aliphatic rings. The van der Waals surface area contributed by atoms with Crippen molar-refractivity contribution in [2.24, 2.45) is 0 Å². The van der Waals surface area contributed by atoms with Crippen LogP contribution in [0.3, 0.4) is 0 Å². The zero-order valence-corrected chi connectivity index (χ0v) is 9.13. The number of methoxy groups -OCH3 is 1. The first-order chi connectivity index (χ1) is 7.65. The summed E-state index contributed by atoms with van der Waals surface area (Å²) in [7, 11) is 1.50. The van der Waals surface area contributed by atoms with Crippen LogP contribution in [0.4, 0.5) is 0 Å². The monoisotopic (exact) mass is 234 g/mol. The third-order valence-electron chi connectivity index (χ3n) is 2.24. The topological polar surface area (TPSA) is 65.9 Å². The molecule has 0 saturated heterocycles. The molecule has 0 fully saturated rings. The van der Waals surface area contributed by atoms with Crippen LogP contribution >= 0.6 is 11.6 Å². The van der Waals surface area contributed by atoms with Gasteiger partial charge in [0.1, 0.15) is 17.4 Å². The average molecular weight is 235 g/mol. The molecule has 0 spiro atoms. The Kier molecular flexibility index (Phi) is 2.55. The number of ether oxygens (including phenoxy) is 1. The van der Waals surface area contributed by atoms with Crippen molar-refractivity contribution in [3.8, 4) is 11.8 Å². The fourth-order valence-electron chi connectivity index (χ4n) is 1.45. The van der Waals surface area contributed by atoms with E-state index in [1.807, 2.05) is 6.07 Å². The third kappa shape index (κ3) is 1.62. The van der Waals surface area contributed by atoms with Crippen LogP contribution in [-0.2, 0) is 0 Å². The maximum atomic E-state index is 11.4. The molecule has 0 radical (unpaired) electrons. The van der Waals surface area contributed by atoms with E-state index in [4.69, 9.17) is 21.6 Å². The molecule has 16 heavy (non-hydrogen) atoms. The first kappa shape index (κ1) is 10.5. The van der Waals surface area contributed by atoms with Gasteiger partial charge in [-0.2, -0.15) is 5.26 Å². The van der Waals surface area contributed by atoms with Crippen molar-refractivity contribution in [3.05, 3.63) is 39.1 Å². The summed E-state index contributed by atoms with van der Waals surface area (Å²) in [5.41, 5.74) is 0.225. The maximum absolute atomic E-state index is 11.4. The first-order valence-electron chi connectivity index (χ1n) is 4.46. The molecule has 1 N–H and O–H groups in total.